The van der Waals surface area contributed by atoms with Gasteiger partial charge in [-0.3, -0.25) is 10.2 Å². The van der Waals surface area contributed by atoms with E-state index < -0.39 is 0 Å². The summed E-state index contributed by atoms with van der Waals surface area (Å²) in [5.74, 6) is 5.52. The van der Waals surface area contributed by atoms with Gasteiger partial charge in [0.2, 0.25) is 0 Å². The van der Waals surface area contributed by atoms with Gasteiger partial charge in [-0.1, -0.05) is 28.1 Å². The summed E-state index contributed by atoms with van der Waals surface area (Å²) in [5.41, 5.74) is 3.57. The molecule has 0 radical (unpaired) electrons. The number of hydrogen-bond acceptors (Lipinski definition) is 3. The molecule has 6 heteroatoms. The Hall–Kier alpha value is -1.37. The third-order valence-corrected chi connectivity index (χ3v) is 3.75. The van der Waals surface area contributed by atoms with Crippen molar-refractivity contribution in [2.75, 3.05) is 0 Å². The van der Waals surface area contributed by atoms with Gasteiger partial charge in [-0.15, -0.1) is 0 Å². The third-order valence-electron chi connectivity index (χ3n) is 2.64. The number of ether oxygens (including phenoxy) is 1. The van der Waals surface area contributed by atoms with Crippen LogP contribution in [-0.2, 0) is 6.61 Å². The average Bonchev–Trinajstić information content (AvgIpc) is 2.46. The molecule has 0 aliphatic carbocycles. The van der Waals surface area contributed by atoms with Crippen molar-refractivity contribution in [1.82, 2.24) is 5.43 Å². The Bertz CT molecular complexity index is 615. The summed E-state index contributed by atoms with van der Waals surface area (Å²) < 4.78 is 7.57. The number of amides is 1. The molecule has 0 saturated heterocycles. The van der Waals surface area contributed by atoms with Gasteiger partial charge in [-0.25, -0.2) is 5.84 Å². The molecule has 4 nitrogen and oxygen atoms in total. The van der Waals surface area contributed by atoms with Crippen LogP contribution in [0, 0.1) is 0 Å². The van der Waals surface area contributed by atoms with Crippen molar-refractivity contribution < 1.29 is 9.53 Å². The predicted octanol–water partition coefficient (Wildman–Crippen LogP) is 3.39. The molecule has 3 N–H and O–H groups in total. The van der Waals surface area contributed by atoms with Gasteiger partial charge in [0.05, 0.1) is 4.47 Å². The lowest BCUT2D eigenvalue weighted by molar-refractivity contribution is 0.0953. The standard InChI is InChI=1S/C14H12Br2N2O2/c15-11-5-6-13(12(16)7-11)20-8-9-1-3-10(4-2-9)14(19)18-17/h1-7H,8,17H2,(H,18,19). The number of nitrogens with one attached hydrogen (secondary N) is 1. The van der Waals surface area contributed by atoms with Crippen LogP contribution in [-0.4, -0.2) is 5.91 Å². The van der Waals surface area contributed by atoms with Crippen LogP contribution >= 0.6 is 31.9 Å². The van der Waals surface area contributed by atoms with E-state index in [1.807, 2.05) is 30.3 Å². The van der Waals surface area contributed by atoms with E-state index >= 15 is 0 Å². The van der Waals surface area contributed by atoms with E-state index in [9.17, 15) is 4.79 Å². The molecule has 20 heavy (non-hydrogen) atoms. The zero-order chi connectivity index (χ0) is 14.5. The Morgan fingerprint density at radius 2 is 1.85 bits per heavy atom. The molecule has 0 saturated carbocycles. The van der Waals surface area contributed by atoms with Gasteiger partial charge in [0.15, 0.2) is 0 Å². The fraction of sp³-hybridized carbons (Fsp3) is 0.0714. The summed E-state index contributed by atoms with van der Waals surface area (Å²) in [7, 11) is 0. The minimum Gasteiger partial charge on any atom is -0.488 e. The number of carbonyl (C=O) groups is 1. The number of benzene rings is 2. The Kier molecular flexibility index (Phi) is 5.17. The Morgan fingerprint density at radius 1 is 1.15 bits per heavy atom. The molecule has 0 aliphatic rings. The Balaban J connectivity index is 2.02. The number of rotatable bonds is 4. The highest BCUT2D eigenvalue weighted by Gasteiger charge is 2.05. The first-order valence-electron chi connectivity index (χ1n) is 5.78. The van der Waals surface area contributed by atoms with E-state index in [2.05, 4.69) is 37.3 Å². The van der Waals surface area contributed by atoms with Crippen molar-refractivity contribution in [3.05, 3.63) is 62.5 Å². The number of halogens is 2. The van der Waals surface area contributed by atoms with Crippen LogP contribution in [0.1, 0.15) is 15.9 Å². The zero-order valence-electron chi connectivity index (χ0n) is 10.4. The Morgan fingerprint density at radius 3 is 2.45 bits per heavy atom. The molecule has 0 aliphatic heterocycles. The molecule has 0 bridgehead atoms. The van der Waals surface area contributed by atoms with Crippen molar-refractivity contribution in [2.45, 2.75) is 6.61 Å². The highest BCUT2D eigenvalue weighted by Crippen LogP contribution is 2.28. The lowest BCUT2D eigenvalue weighted by Crippen LogP contribution is -2.29. The first-order chi connectivity index (χ1) is 9.60. The minimum absolute atomic E-state index is 0.312. The lowest BCUT2D eigenvalue weighted by atomic mass is 10.1. The summed E-state index contributed by atoms with van der Waals surface area (Å²) in [5, 5.41) is 0. The van der Waals surface area contributed by atoms with Crippen LogP contribution in [0.3, 0.4) is 0 Å². The van der Waals surface area contributed by atoms with Crippen molar-refractivity contribution >= 4 is 37.8 Å². The zero-order valence-corrected chi connectivity index (χ0v) is 13.6. The number of nitrogens with two attached hydrogens (primary N) is 1. The normalized spacial score (nSPS) is 10.2. The second-order valence-corrected chi connectivity index (χ2v) is 5.80. The van der Waals surface area contributed by atoms with Gasteiger partial charge in [-0.2, -0.15) is 0 Å². The maximum Gasteiger partial charge on any atom is 0.265 e. The summed E-state index contributed by atoms with van der Waals surface area (Å²) in [4.78, 5) is 11.3. The molecule has 104 valence electrons. The summed E-state index contributed by atoms with van der Waals surface area (Å²) in [6, 6.07) is 12.8. The fourth-order valence-electron chi connectivity index (χ4n) is 1.59. The molecule has 0 atom stereocenters. The maximum atomic E-state index is 11.3. The van der Waals surface area contributed by atoms with Gasteiger partial charge in [0, 0.05) is 10.0 Å². The van der Waals surface area contributed by atoms with E-state index in [1.54, 1.807) is 12.1 Å². The summed E-state index contributed by atoms with van der Waals surface area (Å²) in [6.07, 6.45) is 0. The van der Waals surface area contributed by atoms with Crippen LogP contribution in [0.5, 0.6) is 5.75 Å². The Labute approximate surface area is 133 Å². The monoisotopic (exact) mass is 398 g/mol. The number of hydrazine groups is 1. The fourth-order valence-corrected chi connectivity index (χ4v) is 2.75. The van der Waals surface area contributed by atoms with E-state index in [0.29, 0.717) is 12.2 Å². The molecule has 0 unspecified atom stereocenters. The van der Waals surface area contributed by atoms with Gasteiger partial charge < -0.3 is 4.74 Å². The molecule has 0 fully saturated rings. The predicted molar refractivity (Wildman–Crippen MR) is 84.3 cm³/mol. The maximum absolute atomic E-state index is 11.3. The molecule has 2 aromatic carbocycles. The molecular formula is C14H12Br2N2O2. The van der Waals surface area contributed by atoms with Crippen LogP contribution in [0.2, 0.25) is 0 Å². The van der Waals surface area contributed by atoms with Gasteiger partial charge >= 0.3 is 0 Å². The molecule has 2 rings (SSSR count). The second-order valence-electron chi connectivity index (χ2n) is 4.03. The van der Waals surface area contributed by atoms with Gasteiger partial charge in [-0.05, 0) is 51.8 Å². The van der Waals surface area contributed by atoms with Crippen molar-refractivity contribution in [3.8, 4) is 5.75 Å². The smallest absolute Gasteiger partial charge is 0.265 e. The highest BCUT2D eigenvalue weighted by molar-refractivity contribution is 9.11. The summed E-state index contributed by atoms with van der Waals surface area (Å²) >= 11 is 6.83. The van der Waals surface area contributed by atoms with Crippen molar-refractivity contribution in [2.24, 2.45) is 5.84 Å². The number of hydrogen-bond donors (Lipinski definition) is 2. The van der Waals surface area contributed by atoms with Gasteiger partial charge in [0.1, 0.15) is 12.4 Å². The van der Waals surface area contributed by atoms with Crippen LogP contribution < -0.4 is 16.0 Å². The topological polar surface area (TPSA) is 64.3 Å². The molecule has 2 aromatic rings. The molecule has 0 spiro atoms. The molecular weight excluding hydrogens is 388 g/mol. The SMILES string of the molecule is NNC(=O)c1ccc(COc2ccc(Br)cc2Br)cc1. The van der Waals surface area contributed by atoms with E-state index in [1.165, 1.54) is 0 Å². The second kappa shape index (κ2) is 6.88. The first-order valence-corrected chi connectivity index (χ1v) is 7.36. The van der Waals surface area contributed by atoms with E-state index in [0.717, 1.165) is 20.3 Å². The quantitative estimate of drug-likeness (QED) is 0.470. The largest absolute Gasteiger partial charge is 0.488 e. The highest BCUT2D eigenvalue weighted by atomic mass is 79.9. The van der Waals surface area contributed by atoms with E-state index in [-0.39, 0.29) is 5.91 Å². The molecule has 0 heterocycles. The molecule has 1 amide bonds. The minimum atomic E-state index is -0.312. The van der Waals surface area contributed by atoms with Crippen molar-refractivity contribution in [1.29, 1.82) is 0 Å². The summed E-state index contributed by atoms with van der Waals surface area (Å²) in [6.45, 7) is 0.421. The third kappa shape index (κ3) is 3.82. The van der Waals surface area contributed by atoms with Crippen LogP contribution in [0.4, 0.5) is 0 Å². The average molecular weight is 400 g/mol. The van der Waals surface area contributed by atoms with Crippen LogP contribution in [0.15, 0.2) is 51.4 Å². The number of carbonyl (C=O) groups excluding carboxylic acids is 1. The van der Waals surface area contributed by atoms with E-state index in [4.69, 9.17) is 10.6 Å². The lowest BCUT2D eigenvalue weighted by Gasteiger charge is -2.09. The van der Waals surface area contributed by atoms with Crippen LogP contribution in [0.25, 0.3) is 0 Å². The van der Waals surface area contributed by atoms with Crippen molar-refractivity contribution in [3.63, 3.8) is 0 Å². The first kappa shape index (κ1) is 15.0. The number of nitrogen functional groups attached to an aromatic ring is 1. The van der Waals surface area contributed by atoms with Gasteiger partial charge in [0.25, 0.3) is 5.91 Å². The molecule has 0 aromatic heterocycles.